The molecule has 134 valence electrons. The van der Waals surface area contributed by atoms with Crippen LogP contribution >= 0.6 is 11.8 Å². The molecular formula is C17H15N3O5S. The predicted molar refractivity (Wildman–Crippen MR) is 92.1 cm³/mol. The molecule has 0 radical (unpaired) electrons. The van der Waals surface area contributed by atoms with Crippen molar-refractivity contribution in [1.82, 2.24) is 15.5 Å². The Morgan fingerprint density at radius 1 is 1.19 bits per heavy atom. The smallest absolute Gasteiger partial charge is 0.284 e. The van der Waals surface area contributed by atoms with Gasteiger partial charge in [-0.25, -0.2) is 0 Å². The number of hydrogen-bond acceptors (Lipinski definition) is 8. The molecule has 1 atom stereocenters. The first-order valence-corrected chi connectivity index (χ1v) is 8.92. The highest BCUT2D eigenvalue weighted by Crippen LogP contribution is 2.30. The molecule has 3 heterocycles. The van der Waals surface area contributed by atoms with Crippen molar-refractivity contribution >= 4 is 17.7 Å². The number of nitrogens with zero attached hydrogens (tertiary/aromatic N) is 2. The molecule has 0 bridgehead atoms. The van der Waals surface area contributed by atoms with E-state index in [-0.39, 0.29) is 23.7 Å². The first kappa shape index (κ1) is 16.5. The number of amides is 1. The van der Waals surface area contributed by atoms with Crippen LogP contribution in [-0.4, -0.2) is 41.1 Å². The van der Waals surface area contributed by atoms with E-state index in [4.69, 9.17) is 18.3 Å². The molecular weight excluding hydrogens is 358 g/mol. The highest BCUT2D eigenvalue weighted by Gasteiger charge is 2.21. The number of furan rings is 1. The molecule has 4 rings (SSSR count). The fourth-order valence-electron chi connectivity index (χ4n) is 2.34. The van der Waals surface area contributed by atoms with E-state index in [0.29, 0.717) is 29.9 Å². The molecule has 1 amide bonds. The topological polar surface area (TPSA) is 99.6 Å². The summed E-state index contributed by atoms with van der Waals surface area (Å²) < 4.78 is 22.0. The molecule has 0 aliphatic carbocycles. The number of carbonyl (C=O) groups excluding carboxylic acids is 1. The Balaban J connectivity index is 1.23. The molecule has 3 aromatic rings. The van der Waals surface area contributed by atoms with E-state index in [1.165, 1.54) is 6.26 Å². The van der Waals surface area contributed by atoms with Crippen molar-refractivity contribution in [2.24, 2.45) is 0 Å². The summed E-state index contributed by atoms with van der Waals surface area (Å²) in [7, 11) is 0. The standard InChI is InChI=1S/C17H15N3O5S/c21-15(10-26-17-20-19-16(25-17)14-6-3-7-22-14)18-8-11-9-23-12-4-1-2-5-13(12)24-11/h1-7,11H,8-10H2,(H,18,21)/t11-/m1/s1. The summed E-state index contributed by atoms with van der Waals surface area (Å²) in [6.45, 7) is 0.746. The average molecular weight is 373 g/mol. The Bertz CT molecular complexity index is 880. The summed E-state index contributed by atoms with van der Waals surface area (Å²) in [5, 5.41) is 10.9. The molecule has 2 aromatic heterocycles. The maximum Gasteiger partial charge on any atom is 0.284 e. The first-order chi connectivity index (χ1) is 12.8. The van der Waals surface area contributed by atoms with Crippen LogP contribution in [0.3, 0.4) is 0 Å². The molecule has 0 saturated heterocycles. The van der Waals surface area contributed by atoms with Crippen molar-refractivity contribution in [2.45, 2.75) is 11.3 Å². The molecule has 1 aromatic carbocycles. The Hall–Kier alpha value is -2.94. The number of rotatable bonds is 6. The van der Waals surface area contributed by atoms with E-state index in [1.54, 1.807) is 12.1 Å². The van der Waals surface area contributed by atoms with Crippen molar-refractivity contribution < 1.29 is 23.1 Å². The van der Waals surface area contributed by atoms with E-state index in [0.717, 1.165) is 17.5 Å². The molecule has 8 nitrogen and oxygen atoms in total. The lowest BCUT2D eigenvalue weighted by Gasteiger charge is -2.26. The normalized spacial score (nSPS) is 15.6. The summed E-state index contributed by atoms with van der Waals surface area (Å²) >= 11 is 1.16. The molecule has 1 aliphatic rings. The van der Waals surface area contributed by atoms with Crippen molar-refractivity contribution in [3.63, 3.8) is 0 Å². The van der Waals surface area contributed by atoms with Crippen LogP contribution in [0.25, 0.3) is 11.7 Å². The zero-order valence-electron chi connectivity index (χ0n) is 13.6. The quantitative estimate of drug-likeness (QED) is 0.658. The zero-order chi connectivity index (χ0) is 17.8. The fourth-order valence-corrected chi connectivity index (χ4v) is 2.93. The summed E-state index contributed by atoms with van der Waals surface area (Å²) in [4.78, 5) is 12.0. The minimum atomic E-state index is -0.229. The molecule has 0 saturated carbocycles. The molecule has 1 aliphatic heterocycles. The van der Waals surface area contributed by atoms with Crippen LogP contribution in [0.1, 0.15) is 0 Å². The second-order valence-corrected chi connectivity index (χ2v) is 6.37. The number of hydrogen-bond donors (Lipinski definition) is 1. The number of ether oxygens (including phenoxy) is 2. The van der Waals surface area contributed by atoms with E-state index < -0.39 is 0 Å². The minimum absolute atomic E-state index is 0.157. The fraction of sp³-hybridized carbons (Fsp3) is 0.235. The van der Waals surface area contributed by atoms with Gasteiger partial charge in [0.15, 0.2) is 17.3 Å². The highest BCUT2D eigenvalue weighted by atomic mass is 32.2. The lowest BCUT2D eigenvalue weighted by atomic mass is 10.2. The van der Waals surface area contributed by atoms with E-state index >= 15 is 0 Å². The van der Waals surface area contributed by atoms with Gasteiger partial charge in [-0.05, 0) is 24.3 Å². The maximum absolute atomic E-state index is 12.0. The van der Waals surface area contributed by atoms with Gasteiger partial charge in [0.25, 0.3) is 11.1 Å². The summed E-state index contributed by atoms with van der Waals surface area (Å²) in [5.74, 6) is 2.17. The van der Waals surface area contributed by atoms with Gasteiger partial charge in [-0.3, -0.25) is 4.79 Å². The van der Waals surface area contributed by atoms with Crippen LogP contribution in [0.5, 0.6) is 11.5 Å². The van der Waals surface area contributed by atoms with Crippen LogP contribution in [0, 0.1) is 0 Å². The monoisotopic (exact) mass is 373 g/mol. The molecule has 0 unspecified atom stereocenters. The van der Waals surface area contributed by atoms with Crippen molar-refractivity contribution in [1.29, 1.82) is 0 Å². The third kappa shape index (κ3) is 3.83. The Morgan fingerprint density at radius 2 is 2.08 bits per heavy atom. The molecule has 9 heteroatoms. The van der Waals surface area contributed by atoms with Gasteiger partial charge in [-0.1, -0.05) is 23.9 Å². The third-order valence-corrected chi connectivity index (χ3v) is 4.38. The Labute approximate surface area is 152 Å². The lowest BCUT2D eigenvalue weighted by molar-refractivity contribution is -0.119. The summed E-state index contributed by atoms with van der Waals surface area (Å²) in [5.41, 5.74) is 0. The highest BCUT2D eigenvalue weighted by molar-refractivity contribution is 7.99. The average Bonchev–Trinajstić information content (AvgIpc) is 3.36. The number of para-hydroxylation sites is 2. The van der Waals surface area contributed by atoms with Gasteiger partial charge in [0, 0.05) is 0 Å². The van der Waals surface area contributed by atoms with Crippen LogP contribution in [0.15, 0.2) is 56.7 Å². The maximum atomic E-state index is 12.0. The lowest BCUT2D eigenvalue weighted by Crippen LogP contribution is -2.41. The van der Waals surface area contributed by atoms with Crippen LogP contribution in [0.4, 0.5) is 0 Å². The second kappa shape index (κ2) is 7.52. The molecule has 26 heavy (non-hydrogen) atoms. The van der Waals surface area contributed by atoms with Gasteiger partial charge < -0.3 is 23.6 Å². The minimum Gasteiger partial charge on any atom is -0.486 e. The summed E-state index contributed by atoms with van der Waals surface area (Å²) in [6, 6.07) is 10.9. The molecule has 1 N–H and O–H groups in total. The number of fused-ring (bicyclic) bond motifs is 1. The summed E-state index contributed by atoms with van der Waals surface area (Å²) in [6.07, 6.45) is 1.29. The van der Waals surface area contributed by atoms with E-state index in [9.17, 15) is 4.79 Å². The van der Waals surface area contributed by atoms with Crippen LogP contribution in [-0.2, 0) is 4.79 Å². The molecule has 0 fully saturated rings. The van der Waals surface area contributed by atoms with E-state index in [1.807, 2.05) is 24.3 Å². The zero-order valence-corrected chi connectivity index (χ0v) is 14.4. The Kier molecular flexibility index (Phi) is 4.78. The van der Waals surface area contributed by atoms with Gasteiger partial charge in [0.1, 0.15) is 12.7 Å². The second-order valence-electron chi connectivity index (χ2n) is 5.44. The number of aromatic nitrogens is 2. The van der Waals surface area contributed by atoms with Gasteiger partial charge >= 0.3 is 0 Å². The Morgan fingerprint density at radius 3 is 2.92 bits per heavy atom. The number of benzene rings is 1. The SMILES string of the molecule is O=C(CSc1nnc(-c2ccco2)o1)NC[C@@H]1COc2ccccc2O1. The van der Waals surface area contributed by atoms with Gasteiger partial charge in [-0.15, -0.1) is 10.2 Å². The van der Waals surface area contributed by atoms with Crippen molar-refractivity contribution in [3.8, 4) is 23.1 Å². The third-order valence-electron chi connectivity index (χ3n) is 3.56. The van der Waals surface area contributed by atoms with E-state index in [2.05, 4.69) is 15.5 Å². The van der Waals surface area contributed by atoms with Gasteiger partial charge in [-0.2, -0.15) is 0 Å². The number of carbonyl (C=O) groups is 1. The largest absolute Gasteiger partial charge is 0.486 e. The number of thioether (sulfide) groups is 1. The number of nitrogens with one attached hydrogen (secondary N) is 1. The van der Waals surface area contributed by atoms with Crippen LogP contribution < -0.4 is 14.8 Å². The van der Waals surface area contributed by atoms with Crippen molar-refractivity contribution in [3.05, 3.63) is 42.7 Å². The van der Waals surface area contributed by atoms with Crippen LogP contribution in [0.2, 0.25) is 0 Å². The van der Waals surface area contributed by atoms with Gasteiger partial charge in [0.05, 0.1) is 18.6 Å². The molecule has 0 spiro atoms. The first-order valence-electron chi connectivity index (χ1n) is 7.93. The predicted octanol–water partition coefficient (Wildman–Crippen LogP) is 2.38. The van der Waals surface area contributed by atoms with Gasteiger partial charge in [0.2, 0.25) is 5.91 Å². The van der Waals surface area contributed by atoms with Crippen molar-refractivity contribution in [2.75, 3.05) is 18.9 Å².